The minimum Gasteiger partial charge on any atom is -0.497 e. The summed E-state index contributed by atoms with van der Waals surface area (Å²) >= 11 is 1.35. The molecule has 1 aromatic heterocycles. The molecule has 134 valence electrons. The van der Waals surface area contributed by atoms with Gasteiger partial charge in [0.15, 0.2) is 0 Å². The Balaban J connectivity index is 1.67. The minimum absolute atomic E-state index is 0.0217. The van der Waals surface area contributed by atoms with Crippen molar-refractivity contribution >= 4 is 22.9 Å². The minimum atomic E-state index is -2.89. The molecular weight excluding hydrogens is 362 g/mol. The van der Waals surface area contributed by atoms with Crippen LogP contribution in [-0.4, -0.2) is 24.6 Å². The van der Waals surface area contributed by atoms with Crippen molar-refractivity contribution in [2.75, 3.05) is 12.4 Å². The van der Waals surface area contributed by atoms with E-state index in [0.717, 1.165) is 11.3 Å². The zero-order chi connectivity index (χ0) is 18.5. The van der Waals surface area contributed by atoms with E-state index in [1.54, 1.807) is 12.5 Å². The fourth-order valence-electron chi connectivity index (χ4n) is 2.16. The first kappa shape index (κ1) is 17.8. The Kier molecular flexibility index (Phi) is 5.43. The quantitative estimate of drug-likeness (QED) is 0.679. The van der Waals surface area contributed by atoms with Crippen LogP contribution >= 0.6 is 11.3 Å². The Hall–Kier alpha value is -3.00. The van der Waals surface area contributed by atoms with Crippen molar-refractivity contribution in [2.24, 2.45) is 0 Å². The first-order valence-electron chi connectivity index (χ1n) is 7.51. The summed E-state index contributed by atoms with van der Waals surface area (Å²) in [6.07, 6.45) is 0. The Morgan fingerprint density at radius 2 is 1.73 bits per heavy atom. The van der Waals surface area contributed by atoms with Gasteiger partial charge in [0.1, 0.15) is 22.2 Å². The summed E-state index contributed by atoms with van der Waals surface area (Å²) in [5.41, 5.74) is 1.60. The molecule has 0 aliphatic carbocycles. The van der Waals surface area contributed by atoms with E-state index in [9.17, 15) is 13.6 Å². The largest absolute Gasteiger partial charge is 0.497 e. The lowest BCUT2D eigenvalue weighted by Crippen LogP contribution is -2.12. The number of carbonyl (C=O) groups is 1. The van der Waals surface area contributed by atoms with Crippen LogP contribution in [0.5, 0.6) is 11.5 Å². The van der Waals surface area contributed by atoms with Crippen LogP contribution in [-0.2, 0) is 0 Å². The number of carbonyl (C=O) groups excluding carboxylic acids is 1. The number of halogens is 2. The topological polar surface area (TPSA) is 60.5 Å². The van der Waals surface area contributed by atoms with Gasteiger partial charge in [-0.25, -0.2) is 4.98 Å². The van der Waals surface area contributed by atoms with Crippen LogP contribution in [0.1, 0.15) is 10.5 Å². The summed E-state index contributed by atoms with van der Waals surface area (Å²) in [6.45, 7) is -2.89. The van der Waals surface area contributed by atoms with E-state index in [2.05, 4.69) is 15.0 Å². The first-order chi connectivity index (χ1) is 12.5. The number of anilines is 1. The molecule has 0 spiro atoms. The van der Waals surface area contributed by atoms with Crippen LogP contribution < -0.4 is 14.8 Å². The van der Waals surface area contributed by atoms with Crippen molar-refractivity contribution in [3.05, 3.63) is 59.6 Å². The van der Waals surface area contributed by atoms with Crippen LogP contribution in [0, 0.1) is 0 Å². The second-order valence-corrected chi connectivity index (χ2v) is 5.98. The van der Waals surface area contributed by atoms with E-state index in [1.165, 1.54) is 35.6 Å². The van der Waals surface area contributed by atoms with Crippen molar-refractivity contribution in [1.29, 1.82) is 0 Å². The fraction of sp³-hybridized carbons (Fsp3) is 0.111. The number of aromatic nitrogens is 1. The molecule has 1 N–H and O–H groups in total. The van der Waals surface area contributed by atoms with Gasteiger partial charge in [-0.2, -0.15) is 8.78 Å². The second-order valence-electron chi connectivity index (χ2n) is 5.12. The number of nitrogens with zero attached hydrogens (tertiary/aromatic N) is 1. The molecule has 0 unspecified atom stereocenters. The van der Waals surface area contributed by atoms with Gasteiger partial charge in [0, 0.05) is 16.6 Å². The molecule has 0 saturated carbocycles. The maximum absolute atomic E-state index is 12.3. The van der Waals surface area contributed by atoms with Gasteiger partial charge in [0.2, 0.25) is 0 Å². The number of hydrogen-bond donors (Lipinski definition) is 1. The third kappa shape index (κ3) is 4.34. The van der Waals surface area contributed by atoms with E-state index in [1.807, 2.05) is 24.3 Å². The molecule has 0 fully saturated rings. The van der Waals surface area contributed by atoms with Crippen molar-refractivity contribution in [1.82, 2.24) is 4.98 Å². The normalized spacial score (nSPS) is 10.6. The average Bonchev–Trinajstić information content (AvgIpc) is 3.13. The molecule has 8 heteroatoms. The van der Waals surface area contributed by atoms with Crippen molar-refractivity contribution < 1.29 is 23.0 Å². The summed E-state index contributed by atoms with van der Waals surface area (Å²) < 4.78 is 33.6. The highest BCUT2D eigenvalue weighted by Crippen LogP contribution is 2.26. The molecule has 5 nitrogen and oxygen atoms in total. The maximum atomic E-state index is 12.3. The number of nitrogens with one attached hydrogen (secondary N) is 1. The number of rotatable bonds is 6. The lowest BCUT2D eigenvalue weighted by atomic mass is 10.2. The second kappa shape index (κ2) is 7.92. The summed E-state index contributed by atoms with van der Waals surface area (Å²) in [5.74, 6) is 0.375. The molecule has 0 atom stereocenters. The van der Waals surface area contributed by atoms with Crippen molar-refractivity contribution in [3.63, 3.8) is 0 Å². The predicted molar refractivity (Wildman–Crippen MR) is 95.1 cm³/mol. The highest BCUT2D eigenvalue weighted by molar-refractivity contribution is 7.13. The highest BCUT2D eigenvalue weighted by atomic mass is 32.1. The number of thiazole rings is 1. The van der Waals surface area contributed by atoms with Crippen LogP contribution in [0.25, 0.3) is 10.6 Å². The van der Waals surface area contributed by atoms with Crippen LogP contribution in [0.3, 0.4) is 0 Å². The summed E-state index contributed by atoms with van der Waals surface area (Å²) in [6, 6.07) is 13.0. The van der Waals surface area contributed by atoms with E-state index >= 15 is 0 Å². The zero-order valence-electron chi connectivity index (χ0n) is 13.6. The Labute approximate surface area is 152 Å². The fourth-order valence-corrected chi connectivity index (χ4v) is 2.97. The van der Waals surface area contributed by atoms with Gasteiger partial charge in [-0.15, -0.1) is 11.3 Å². The number of amides is 1. The summed E-state index contributed by atoms with van der Waals surface area (Å²) in [4.78, 5) is 16.6. The van der Waals surface area contributed by atoms with Gasteiger partial charge in [0.05, 0.1) is 7.11 Å². The van der Waals surface area contributed by atoms with Gasteiger partial charge in [-0.3, -0.25) is 4.79 Å². The van der Waals surface area contributed by atoms with E-state index in [-0.39, 0.29) is 17.4 Å². The average molecular weight is 376 g/mol. The summed E-state index contributed by atoms with van der Waals surface area (Å²) in [5, 5.41) is 5.03. The van der Waals surface area contributed by atoms with Crippen LogP contribution in [0.2, 0.25) is 0 Å². The molecule has 0 saturated heterocycles. The predicted octanol–water partition coefficient (Wildman–Crippen LogP) is 4.67. The molecule has 2 aromatic carbocycles. The van der Waals surface area contributed by atoms with Crippen molar-refractivity contribution in [2.45, 2.75) is 6.61 Å². The molecule has 1 heterocycles. The number of methoxy groups -OCH3 is 1. The number of benzene rings is 2. The number of ether oxygens (including phenoxy) is 2. The molecule has 0 aliphatic heterocycles. The standard InChI is InChI=1S/C18H14F2N2O3S/c1-24-13-6-2-11(3-7-13)17-22-15(10-26-17)16(23)21-12-4-8-14(9-5-12)25-18(19)20/h2-10,18H,1H3,(H,21,23). The molecular formula is C18H14F2N2O3S. The molecule has 3 rings (SSSR count). The number of hydrogen-bond acceptors (Lipinski definition) is 5. The van der Waals surface area contributed by atoms with E-state index < -0.39 is 6.61 Å². The lowest BCUT2D eigenvalue weighted by molar-refractivity contribution is -0.0498. The van der Waals surface area contributed by atoms with E-state index in [4.69, 9.17) is 4.74 Å². The van der Waals surface area contributed by atoms with Gasteiger partial charge in [-0.1, -0.05) is 0 Å². The Morgan fingerprint density at radius 1 is 1.08 bits per heavy atom. The van der Waals surface area contributed by atoms with Gasteiger partial charge >= 0.3 is 6.61 Å². The highest BCUT2D eigenvalue weighted by Gasteiger charge is 2.13. The Morgan fingerprint density at radius 3 is 2.35 bits per heavy atom. The zero-order valence-corrected chi connectivity index (χ0v) is 14.4. The lowest BCUT2D eigenvalue weighted by Gasteiger charge is -2.06. The monoisotopic (exact) mass is 376 g/mol. The maximum Gasteiger partial charge on any atom is 0.387 e. The van der Waals surface area contributed by atoms with Crippen molar-refractivity contribution in [3.8, 4) is 22.1 Å². The Bertz CT molecular complexity index is 880. The van der Waals surface area contributed by atoms with Gasteiger partial charge in [-0.05, 0) is 48.5 Å². The molecule has 0 radical (unpaired) electrons. The molecule has 1 amide bonds. The first-order valence-corrected chi connectivity index (χ1v) is 8.39. The molecule has 0 bridgehead atoms. The van der Waals surface area contributed by atoms with Gasteiger partial charge in [0.25, 0.3) is 5.91 Å². The molecule has 26 heavy (non-hydrogen) atoms. The molecule has 0 aliphatic rings. The molecule has 3 aromatic rings. The third-order valence-corrected chi connectivity index (χ3v) is 4.30. The van der Waals surface area contributed by atoms with Crippen LogP contribution in [0.15, 0.2) is 53.9 Å². The third-order valence-electron chi connectivity index (χ3n) is 3.41. The van der Waals surface area contributed by atoms with E-state index in [0.29, 0.717) is 10.7 Å². The SMILES string of the molecule is COc1ccc(-c2nc(C(=O)Nc3ccc(OC(F)F)cc3)cs2)cc1. The van der Waals surface area contributed by atoms with Crippen LogP contribution in [0.4, 0.5) is 14.5 Å². The van der Waals surface area contributed by atoms with Gasteiger partial charge < -0.3 is 14.8 Å². The smallest absolute Gasteiger partial charge is 0.387 e. The summed E-state index contributed by atoms with van der Waals surface area (Å²) in [7, 11) is 1.59. The number of alkyl halides is 2.